The van der Waals surface area contributed by atoms with E-state index in [-0.39, 0.29) is 11.7 Å². The van der Waals surface area contributed by atoms with Crippen LogP contribution in [0.1, 0.15) is 31.2 Å². The van der Waals surface area contributed by atoms with E-state index in [9.17, 15) is 9.18 Å². The second-order valence-corrected chi connectivity index (χ2v) is 7.14. The third-order valence-electron chi connectivity index (χ3n) is 5.84. The van der Waals surface area contributed by atoms with Gasteiger partial charge in [-0.05, 0) is 68.3 Å². The van der Waals surface area contributed by atoms with Gasteiger partial charge < -0.3 is 10.2 Å². The SMILES string of the molecule is O=C(N1CC[C@@H]2CNC[C@@H]2CC1)C1(c2cccc(F)c2)CC1. The van der Waals surface area contributed by atoms with E-state index in [0.29, 0.717) is 0 Å². The highest BCUT2D eigenvalue weighted by molar-refractivity contribution is 5.91. The molecule has 1 amide bonds. The van der Waals surface area contributed by atoms with E-state index in [2.05, 4.69) is 10.2 Å². The van der Waals surface area contributed by atoms with Gasteiger partial charge in [0, 0.05) is 13.1 Å². The number of carbonyl (C=O) groups is 1. The first-order valence-electron chi connectivity index (χ1n) is 8.45. The van der Waals surface area contributed by atoms with Gasteiger partial charge in [0.25, 0.3) is 0 Å². The van der Waals surface area contributed by atoms with E-state index < -0.39 is 5.41 Å². The Hall–Kier alpha value is -1.42. The molecule has 1 N–H and O–H groups in total. The van der Waals surface area contributed by atoms with E-state index in [1.54, 1.807) is 12.1 Å². The van der Waals surface area contributed by atoms with Gasteiger partial charge in [0.05, 0.1) is 5.41 Å². The summed E-state index contributed by atoms with van der Waals surface area (Å²) in [7, 11) is 0. The lowest BCUT2D eigenvalue weighted by atomic mass is 9.92. The topological polar surface area (TPSA) is 32.3 Å². The zero-order chi connectivity index (χ0) is 15.2. The first kappa shape index (κ1) is 14.2. The van der Waals surface area contributed by atoms with Crippen molar-refractivity contribution in [3.8, 4) is 0 Å². The molecular formula is C18H23FN2O. The van der Waals surface area contributed by atoms with Gasteiger partial charge in [0.1, 0.15) is 5.82 Å². The molecule has 1 aromatic carbocycles. The fraction of sp³-hybridized carbons (Fsp3) is 0.611. The second kappa shape index (κ2) is 5.34. The summed E-state index contributed by atoms with van der Waals surface area (Å²) in [6, 6.07) is 6.62. The Bertz CT molecular complexity index is 570. The van der Waals surface area contributed by atoms with Crippen LogP contribution < -0.4 is 5.32 Å². The van der Waals surface area contributed by atoms with Crippen LogP contribution in [0.15, 0.2) is 24.3 Å². The molecule has 1 aliphatic carbocycles. The van der Waals surface area contributed by atoms with Crippen LogP contribution in [0.2, 0.25) is 0 Å². The molecule has 1 saturated carbocycles. The van der Waals surface area contributed by atoms with Crippen molar-refractivity contribution in [1.82, 2.24) is 10.2 Å². The van der Waals surface area contributed by atoms with Crippen molar-refractivity contribution < 1.29 is 9.18 Å². The molecule has 0 radical (unpaired) electrons. The van der Waals surface area contributed by atoms with Crippen molar-refractivity contribution in [2.24, 2.45) is 11.8 Å². The number of carbonyl (C=O) groups excluding carboxylic acids is 1. The van der Waals surface area contributed by atoms with Crippen molar-refractivity contribution in [3.63, 3.8) is 0 Å². The Morgan fingerprint density at radius 2 is 1.86 bits per heavy atom. The molecule has 3 nitrogen and oxygen atoms in total. The quantitative estimate of drug-likeness (QED) is 0.909. The van der Waals surface area contributed by atoms with Crippen LogP contribution in [0.4, 0.5) is 4.39 Å². The number of benzene rings is 1. The minimum absolute atomic E-state index is 0.228. The highest BCUT2D eigenvalue weighted by Crippen LogP contribution is 2.50. The van der Waals surface area contributed by atoms with Crippen LogP contribution >= 0.6 is 0 Å². The molecule has 0 aromatic heterocycles. The highest BCUT2D eigenvalue weighted by atomic mass is 19.1. The van der Waals surface area contributed by atoms with Gasteiger partial charge in [0.2, 0.25) is 5.91 Å². The summed E-state index contributed by atoms with van der Waals surface area (Å²) in [6.45, 7) is 3.92. The Morgan fingerprint density at radius 1 is 1.18 bits per heavy atom. The maximum atomic E-state index is 13.5. The van der Waals surface area contributed by atoms with Gasteiger partial charge >= 0.3 is 0 Å². The Labute approximate surface area is 130 Å². The largest absolute Gasteiger partial charge is 0.342 e. The van der Waals surface area contributed by atoms with Gasteiger partial charge in [-0.15, -0.1) is 0 Å². The molecule has 3 fully saturated rings. The van der Waals surface area contributed by atoms with E-state index in [1.807, 2.05) is 6.07 Å². The fourth-order valence-corrected chi connectivity index (χ4v) is 4.26. The number of fused-ring (bicyclic) bond motifs is 1. The minimum Gasteiger partial charge on any atom is -0.342 e. The maximum Gasteiger partial charge on any atom is 0.233 e. The molecule has 2 saturated heterocycles. The van der Waals surface area contributed by atoms with Gasteiger partial charge in [-0.3, -0.25) is 4.79 Å². The number of hydrogen-bond donors (Lipinski definition) is 1. The van der Waals surface area contributed by atoms with Crippen molar-refractivity contribution >= 4 is 5.91 Å². The molecule has 0 bridgehead atoms. The normalized spacial score (nSPS) is 29.8. The molecule has 2 atom stereocenters. The number of halogens is 1. The summed E-state index contributed by atoms with van der Waals surface area (Å²) in [5.74, 6) is 1.43. The number of likely N-dealkylation sites (tertiary alicyclic amines) is 1. The van der Waals surface area contributed by atoms with Crippen LogP contribution in [0.5, 0.6) is 0 Å². The predicted octanol–water partition coefficient (Wildman–Crippen LogP) is 2.32. The van der Waals surface area contributed by atoms with Gasteiger partial charge in [-0.1, -0.05) is 12.1 Å². The summed E-state index contributed by atoms with van der Waals surface area (Å²) in [6.07, 6.45) is 3.92. The molecule has 22 heavy (non-hydrogen) atoms. The van der Waals surface area contributed by atoms with Crippen LogP contribution in [0, 0.1) is 17.7 Å². The smallest absolute Gasteiger partial charge is 0.233 e. The summed E-state index contributed by atoms with van der Waals surface area (Å²) in [5.41, 5.74) is 0.434. The first-order valence-corrected chi connectivity index (χ1v) is 8.45. The van der Waals surface area contributed by atoms with Crippen LogP contribution in [-0.4, -0.2) is 37.0 Å². The monoisotopic (exact) mass is 302 g/mol. The number of hydrogen-bond acceptors (Lipinski definition) is 2. The molecule has 0 unspecified atom stereocenters. The molecular weight excluding hydrogens is 279 g/mol. The van der Waals surface area contributed by atoms with Crippen molar-refractivity contribution in [1.29, 1.82) is 0 Å². The van der Waals surface area contributed by atoms with Gasteiger partial charge in [-0.2, -0.15) is 0 Å². The van der Waals surface area contributed by atoms with E-state index in [4.69, 9.17) is 0 Å². The van der Waals surface area contributed by atoms with Crippen LogP contribution in [-0.2, 0) is 10.2 Å². The predicted molar refractivity (Wildman–Crippen MR) is 83.0 cm³/mol. The number of nitrogens with zero attached hydrogens (tertiary/aromatic N) is 1. The fourth-order valence-electron chi connectivity index (χ4n) is 4.26. The number of rotatable bonds is 2. The lowest BCUT2D eigenvalue weighted by molar-refractivity contribution is -0.134. The van der Waals surface area contributed by atoms with Crippen molar-refractivity contribution in [2.75, 3.05) is 26.2 Å². The standard InChI is InChI=1S/C18H23FN2O/c19-16-3-1-2-15(10-16)18(6-7-18)17(22)21-8-4-13-11-20-12-14(13)5-9-21/h1-3,10,13-14,20H,4-9,11-12H2/t13-,14+. The van der Waals surface area contributed by atoms with Gasteiger partial charge in [-0.25, -0.2) is 4.39 Å². The van der Waals surface area contributed by atoms with Crippen molar-refractivity contribution in [3.05, 3.63) is 35.6 Å². The molecule has 2 heterocycles. The second-order valence-electron chi connectivity index (χ2n) is 7.14. The molecule has 0 spiro atoms. The third-order valence-corrected chi connectivity index (χ3v) is 5.84. The van der Waals surface area contributed by atoms with Gasteiger partial charge in [0.15, 0.2) is 0 Å². The average Bonchev–Trinajstić information content (AvgIpc) is 3.26. The maximum absolute atomic E-state index is 13.5. The lowest BCUT2D eigenvalue weighted by Gasteiger charge is -2.26. The molecule has 2 aliphatic heterocycles. The first-order chi connectivity index (χ1) is 10.7. The summed E-state index contributed by atoms with van der Waals surface area (Å²) < 4.78 is 13.5. The Morgan fingerprint density at radius 3 is 2.45 bits per heavy atom. The van der Waals surface area contributed by atoms with Crippen LogP contribution in [0.25, 0.3) is 0 Å². The third kappa shape index (κ3) is 2.34. The average molecular weight is 302 g/mol. The van der Waals surface area contributed by atoms with Crippen molar-refractivity contribution in [2.45, 2.75) is 31.1 Å². The highest BCUT2D eigenvalue weighted by Gasteiger charge is 2.53. The van der Waals surface area contributed by atoms with Crippen LogP contribution in [0.3, 0.4) is 0 Å². The molecule has 118 valence electrons. The summed E-state index contributed by atoms with van der Waals surface area (Å²) >= 11 is 0. The molecule has 1 aromatic rings. The molecule has 4 heteroatoms. The zero-order valence-corrected chi connectivity index (χ0v) is 12.9. The Balaban J connectivity index is 1.52. The minimum atomic E-state index is -0.431. The zero-order valence-electron chi connectivity index (χ0n) is 12.9. The van der Waals surface area contributed by atoms with E-state index in [1.165, 1.54) is 6.07 Å². The van der Waals surface area contributed by atoms with E-state index >= 15 is 0 Å². The number of nitrogens with one attached hydrogen (secondary N) is 1. The lowest BCUT2D eigenvalue weighted by Crippen LogP contribution is -2.40. The number of amides is 1. The molecule has 4 rings (SSSR count). The van der Waals surface area contributed by atoms with E-state index in [0.717, 1.165) is 69.3 Å². The molecule has 3 aliphatic rings. The summed E-state index contributed by atoms with van der Waals surface area (Å²) in [5, 5.41) is 3.47. The summed E-state index contributed by atoms with van der Waals surface area (Å²) in [4.78, 5) is 15.1. The Kier molecular flexibility index (Phi) is 3.44.